The van der Waals surface area contributed by atoms with Crippen molar-refractivity contribution in [3.8, 4) is 0 Å². The van der Waals surface area contributed by atoms with Crippen molar-refractivity contribution in [1.29, 1.82) is 0 Å². The molecule has 6 nitrogen and oxygen atoms in total. The van der Waals surface area contributed by atoms with Gasteiger partial charge in [0, 0.05) is 24.3 Å². The van der Waals surface area contributed by atoms with Gasteiger partial charge in [0.1, 0.15) is 6.29 Å². The van der Waals surface area contributed by atoms with E-state index in [4.69, 9.17) is 10.2 Å². The van der Waals surface area contributed by atoms with Gasteiger partial charge in [-0.25, -0.2) is 0 Å². The van der Waals surface area contributed by atoms with E-state index in [2.05, 4.69) is 0 Å². The zero-order chi connectivity index (χ0) is 14.3. The van der Waals surface area contributed by atoms with Gasteiger partial charge in [-0.1, -0.05) is 12.1 Å². The van der Waals surface area contributed by atoms with Crippen molar-refractivity contribution < 1.29 is 25.2 Å². The first-order chi connectivity index (χ1) is 9.10. The van der Waals surface area contributed by atoms with Crippen molar-refractivity contribution in [2.24, 2.45) is 0 Å². The third-order valence-electron chi connectivity index (χ3n) is 2.66. The van der Waals surface area contributed by atoms with Crippen LogP contribution in [0.15, 0.2) is 24.3 Å². The summed E-state index contributed by atoms with van der Waals surface area (Å²) in [5.74, 6) is 0. The van der Waals surface area contributed by atoms with Crippen LogP contribution in [0.3, 0.4) is 0 Å². The Morgan fingerprint density at radius 3 is 2.16 bits per heavy atom. The van der Waals surface area contributed by atoms with Crippen LogP contribution in [0.1, 0.15) is 10.4 Å². The van der Waals surface area contributed by atoms with E-state index in [0.717, 1.165) is 0 Å². The highest BCUT2D eigenvalue weighted by atomic mass is 16.3. The number of aliphatic hydroxyl groups is 4. The van der Waals surface area contributed by atoms with Gasteiger partial charge < -0.3 is 25.3 Å². The maximum atomic E-state index is 10.7. The number of rotatable bonds is 8. The number of nitrogens with zero attached hydrogens (tertiary/aromatic N) is 1. The van der Waals surface area contributed by atoms with Gasteiger partial charge in [-0.2, -0.15) is 0 Å². The van der Waals surface area contributed by atoms with Crippen LogP contribution in [0.5, 0.6) is 0 Å². The highest BCUT2D eigenvalue weighted by Gasteiger charge is 2.15. The van der Waals surface area contributed by atoms with Crippen molar-refractivity contribution in [1.82, 2.24) is 0 Å². The molecule has 0 radical (unpaired) electrons. The molecule has 6 heteroatoms. The van der Waals surface area contributed by atoms with E-state index >= 15 is 0 Å². The maximum Gasteiger partial charge on any atom is 0.150 e. The minimum atomic E-state index is -0.967. The monoisotopic (exact) mass is 269 g/mol. The standard InChI is InChI=1S/C13H19NO5/c15-7-10-2-1-3-11(4-10)14(5-12(18)8-16)6-13(19)9-17/h1-4,7,12-13,16-19H,5-6,8-9H2. The smallest absolute Gasteiger partial charge is 0.150 e. The van der Waals surface area contributed by atoms with Gasteiger partial charge in [0.05, 0.1) is 25.4 Å². The molecule has 2 unspecified atom stereocenters. The zero-order valence-corrected chi connectivity index (χ0v) is 10.5. The quantitative estimate of drug-likeness (QED) is 0.452. The molecule has 0 aliphatic carbocycles. The molecular weight excluding hydrogens is 250 g/mol. The number of carbonyl (C=O) groups excluding carboxylic acids is 1. The van der Waals surface area contributed by atoms with Crippen LogP contribution in [0.2, 0.25) is 0 Å². The summed E-state index contributed by atoms with van der Waals surface area (Å²) in [5, 5.41) is 36.7. The Bertz CT molecular complexity index is 386. The summed E-state index contributed by atoms with van der Waals surface area (Å²) in [7, 11) is 0. The first-order valence-electron chi connectivity index (χ1n) is 5.98. The largest absolute Gasteiger partial charge is 0.394 e. The molecule has 106 valence electrons. The number of aldehydes is 1. The number of hydrogen-bond donors (Lipinski definition) is 4. The fourth-order valence-electron chi connectivity index (χ4n) is 1.70. The minimum absolute atomic E-state index is 0.0931. The van der Waals surface area contributed by atoms with Crippen LogP contribution in [0, 0.1) is 0 Å². The normalized spacial score (nSPS) is 13.9. The average molecular weight is 269 g/mol. The molecule has 0 heterocycles. The van der Waals surface area contributed by atoms with Gasteiger partial charge in [-0.15, -0.1) is 0 Å². The van der Waals surface area contributed by atoms with Crippen molar-refractivity contribution in [2.75, 3.05) is 31.2 Å². The Labute approximate surface area is 111 Å². The highest BCUT2D eigenvalue weighted by molar-refractivity contribution is 5.77. The first kappa shape index (κ1) is 15.6. The van der Waals surface area contributed by atoms with E-state index in [0.29, 0.717) is 17.5 Å². The SMILES string of the molecule is O=Cc1cccc(N(CC(O)CO)CC(O)CO)c1. The van der Waals surface area contributed by atoms with Crippen molar-refractivity contribution in [3.05, 3.63) is 29.8 Å². The fourth-order valence-corrected chi connectivity index (χ4v) is 1.70. The summed E-state index contributed by atoms with van der Waals surface area (Å²) in [4.78, 5) is 12.3. The van der Waals surface area contributed by atoms with Crippen molar-refractivity contribution in [3.63, 3.8) is 0 Å². The number of carbonyl (C=O) groups is 1. The molecule has 0 aliphatic heterocycles. The Kier molecular flexibility index (Phi) is 6.44. The lowest BCUT2D eigenvalue weighted by Gasteiger charge is -2.28. The van der Waals surface area contributed by atoms with Gasteiger partial charge in [-0.3, -0.25) is 4.79 Å². The van der Waals surface area contributed by atoms with Crippen LogP contribution < -0.4 is 4.90 Å². The molecule has 0 saturated carbocycles. The molecule has 1 aromatic rings. The van der Waals surface area contributed by atoms with Crippen LogP contribution >= 0.6 is 0 Å². The summed E-state index contributed by atoms with van der Waals surface area (Å²) in [6.45, 7) is -0.621. The van der Waals surface area contributed by atoms with Crippen molar-refractivity contribution in [2.45, 2.75) is 12.2 Å². The summed E-state index contributed by atoms with van der Waals surface area (Å²) in [5.41, 5.74) is 1.10. The van der Waals surface area contributed by atoms with E-state index in [1.165, 1.54) is 0 Å². The Morgan fingerprint density at radius 1 is 1.11 bits per heavy atom. The van der Waals surface area contributed by atoms with Crippen LogP contribution in [-0.4, -0.2) is 65.2 Å². The molecule has 4 N–H and O–H groups in total. The molecule has 0 amide bonds. The topological polar surface area (TPSA) is 101 Å². The average Bonchev–Trinajstić information content (AvgIpc) is 2.46. The van der Waals surface area contributed by atoms with Gasteiger partial charge in [0.15, 0.2) is 0 Å². The van der Waals surface area contributed by atoms with E-state index < -0.39 is 25.4 Å². The molecule has 19 heavy (non-hydrogen) atoms. The van der Waals surface area contributed by atoms with E-state index in [-0.39, 0.29) is 13.1 Å². The molecule has 0 fully saturated rings. The highest BCUT2D eigenvalue weighted by Crippen LogP contribution is 2.16. The molecule has 0 bridgehead atoms. The number of benzene rings is 1. The Morgan fingerprint density at radius 2 is 1.68 bits per heavy atom. The summed E-state index contributed by atoms with van der Waals surface area (Å²) in [6.07, 6.45) is -1.23. The van der Waals surface area contributed by atoms with E-state index in [1.807, 2.05) is 0 Å². The summed E-state index contributed by atoms with van der Waals surface area (Å²) < 4.78 is 0. The fraction of sp³-hybridized carbons (Fsp3) is 0.462. The molecule has 1 rings (SSSR count). The lowest BCUT2D eigenvalue weighted by molar-refractivity contribution is 0.0839. The summed E-state index contributed by atoms with van der Waals surface area (Å²) >= 11 is 0. The van der Waals surface area contributed by atoms with Gasteiger partial charge in [-0.05, 0) is 12.1 Å². The lowest BCUT2D eigenvalue weighted by Crippen LogP contribution is -2.40. The first-order valence-corrected chi connectivity index (χ1v) is 5.98. The minimum Gasteiger partial charge on any atom is -0.394 e. The van der Waals surface area contributed by atoms with Crippen molar-refractivity contribution >= 4 is 12.0 Å². The lowest BCUT2D eigenvalue weighted by atomic mass is 10.1. The third kappa shape index (κ3) is 4.96. The number of anilines is 1. The second-order valence-electron chi connectivity index (χ2n) is 4.29. The Hall–Kier alpha value is -1.47. The van der Waals surface area contributed by atoms with Gasteiger partial charge >= 0.3 is 0 Å². The second kappa shape index (κ2) is 7.85. The summed E-state index contributed by atoms with van der Waals surface area (Å²) in [6, 6.07) is 6.66. The van der Waals surface area contributed by atoms with Gasteiger partial charge in [0.25, 0.3) is 0 Å². The molecule has 1 aromatic carbocycles. The second-order valence-corrected chi connectivity index (χ2v) is 4.29. The molecular formula is C13H19NO5. The van der Waals surface area contributed by atoms with Crippen LogP contribution in [0.4, 0.5) is 5.69 Å². The predicted molar refractivity (Wildman–Crippen MR) is 70.2 cm³/mol. The molecule has 2 atom stereocenters. The molecule has 0 saturated heterocycles. The molecule has 0 aromatic heterocycles. The zero-order valence-electron chi connectivity index (χ0n) is 10.5. The predicted octanol–water partition coefficient (Wildman–Crippen LogP) is -0.988. The van der Waals surface area contributed by atoms with Crippen LogP contribution in [0.25, 0.3) is 0 Å². The van der Waals surface area contributed by atoms with Gasteiger partial charge in [0.2, 0.25) is 0 Å². The molecule has 0 spiro atoms. The van der Waals surface area contributed by atoms with E-state index in [1.54, 1.807) is 29.2 Å². The van der Waals surface area contributed by atoms with Crippen LogP contribution in [-0.2, 0) is 0 Å². The number of hydrogen-bond acceptors (Lipinski definition) is 6. The molecule has 0 aliphatic rings. The number of aliphatic hydroxyl groups excluding tert-OH is 4. The maximum absolute atomic E-state index is 10.7. The van der Waals surface area contributed by atoms with E-state index in [9.17, 15) is 15.0 Å². The third-order valence-corrected chi connectivity index (χ3v) is 2.66. The Balaban J connectivity index is 2.89.